The van der Waals surface area contributed by atoms with Crippen molar-refractivity contribution in [2.24, 2.45) is 0 Å². The van der Waals surface area contributed by atoms with Crippen molar-refractivity contribution in [3.8, 4) is 0 Å². The Kier molecular flexibility index (Phi) is 6.10. The minimum atomic E-state index is 0.257. The molecule has 0 aliphatic carbocycles. The molecule has 6 nitrogen and oxygen atoms in total. The van der Waals surface area contributed by atoms with E-state index in [4.69, 9.17) is 0 Å². The van der Waals surface area contributed by atoms with Gasteiger partial charge in [0, 0.05) is 50.7 Å². The SMILES string of the molecule is O=C(CN1CCN(CC(=O)N2CCC[C@@H]2c2cccs2)CC1)N1CCCC1. The van der Waals surface area contributed by atoms with Gasteiger partial charge in [-0.3, -0.25) is 19.4 Å². The third kappa shape index (κ3) is 4.52. The average Bonchev–Trinajstić information content (AvgIpc) is 3.43. The van der Waals surface area contributed by atoms with Crippen LogP contribution in [0.25, 0.3) is 0 Å². The topological polar surface area (TPSA) is 47.1 Å². The van der Waals surface area contributed by atoms with Crippen LogP contribution in [0.3, 0.4) is 0 Å². The predicted octanol–water partition coefficient (Wildman–Crippen LogP) is 1.65. The molecule has 4 heterocycles. The van der Waals surface area contributed by atoms with Gasteiger partial charge in [0.05, 0.1) is 19.1 Å². The zero-order valence-corrected chi connectivity index (χ0v) is 16.8. The lowest BCUT2D eigenvalue weighted by Crippen LogP contribution is -2.52. The van der Waals surface area contributed by atoms with Crippen molar-refractivity contribution in [1.29, 1.82) is 0 Å². The van der Waals surface area contributed by atoms with Gasteiger partial charge in [-0.15, -0.1) is 11.3 Å². The number of hydrogen-bond donors (Lipinski definition) is 0. The van der Waals surface area contributed by atoms with Crippen molar-refractivity contribution < 1.29 is 9.59 Å². The maximum absolute atomic E-state index is 12.9. The predicted molar refractivity (Wildman–Crippen MR) is 107 cm³/mol. The number of nitrogens with zero attached hydrogens (tertiary/aromatic N) is 4. The molecular formula is C20H30N4O2S. The summed E-state index contributed by atoms with van der Waals surface area (Å²) in [6.45, 7) is 7.27. The molecule has 4 rings (SSSR count). The zero-order valence-electron chi connectivity index (χ0n) is 16.0. The summed E-state index contributed by atoms with van der Waals surface area (Å²) in [5.74, 6) is 0.528. The molecule has 148 valence electrons. The lowest BCUT2D eigenvalue weighted by atomic mass is 10.2. The maximum Gasteiger partial charge on any atom is 0.237 e. The fourth-order valence-electron chi connectivity index (χ4n) is 4.49. The molecule has 0 spiro atoms. The molecule has 3 aliphatic heterocycles. The normalized spacial score (nSPS) is 24.7. The van der Waals surface area contributed by atoms with Gasteiger partial charge in [-0.1, -0.05) is 6.07 Å². The molecule has 3 saturated heterocycles. The van der Waals surface area contributed by atoms with Crippen molar-refractivity contribution in [3.63, 3.8) is 0 Å². The fourth-order valence-corrected chi connectivity index (χ4v) is 5.36. The third-order valence-electron chi connectivity index (χ3n) is 6.09. The van der Waals surface area contributed by atoms with Crippen molar-refractivity contribution in [2.45, 2.75) is 31.7 Å². The standard InChI is InChI=1S/C20H30N4O2S/c25-19(23-7-1-2-8-23)15-21-10-12-22(13-11-21)16-20(26)24-9-3-5-17(24)18-6-4-14-27-18/h4,6,14,17H,1-3,5,7-13,15-16H2/t17-/m1/s1. The summed E-state index contributed by atoms with van der Waals surface area (Å²) in [5.41, 5.74) is 0. The van der Waals surface area contributed by atoms with Crippen LogP contribution in [0.4, 0.5) is 0 Å². The first-order valence-electron chi connectivity index (χ1n) is 10.3. The Bertz CT molecular complexity index is 636. The van der Waals surface area contributed by atoms with E-state index in [0.717, 1.165) is 71.5 Å². The van der Waals surface area contributed by atoms with Crippen LogP contribution >= 0.6 is 11.3 Å². The number of amides is 2. The highest BCUT2D eigenvalue weighted by atomic mass is 32.1. The van der Waals surface area contributed by atoms with E-state index >= 15 is 0 Å². The quantitative estimate of drug-likeness (QED) is 0.767. The van der Waals surface area contributed by atoms with Gasteiger partial charge in [0.1, 0.15) is 0 Å². The molecule has 0 unspecified atom stereocenters. The molecular weight excluding hydrogens is 360 g/mol. The van der Waals surface area contributed by atoms with Gasteiger partial charge < -0.3 is 9.80 Å². The Morgan fingerprint density at radius 1 is 0.889 bits per heavy atom. The number of piperazine rings is 1. The van der Waals surface area contributed by atoms with E-state index in [2.05, 4.69) is 32.2 Å². The highest BCUT2D eigenvalue weighted by Gasteiger charge is 2.32. The average molecular weight is 391 g/mol. The van der Waals surface area contributed by atoms with Crippen LogP contribution in [-0.4, -0.2) is 90.3 Å². The molecule has 7 heteroatoms. The van der Waals surface area contributed by atoms with Gasteiger partial charge in [-0.05, 0) is 37.1 Å². The first-order valence-corrected chi connectivity index (χ1v) is 11.1. The third-order valence-corrected chi connectivity index (χ3v) is 7.06. The molecule has 3 aliphatic rings. The molecule has 1 aromatic rings. The van der Waals surface area contributed by atoms with E-state index in [9.17, 15) is 9.59 Å². The van der Waals surface area contributed by atoms with Gasteiger partial charge in [-0.25, -0.2) is 0 Å². The number of thiophene rings is 1. The number of rotatable bonds is 5. The highest BCUT2D eigenvalue weighted by Crippen LogP contribution is 2.34. The Hall–Kier alpha value is -1.44. The summed E-state index contributed by atoms with van der Waals surface area (Å²) in [6.07, 6.45) is 4.47. The monoisotopic (exact) mass is 390 g/mol. The van der Waals surface area contributed by atoms with E-state index in [0.29, 0.717) is 13.1 Å². The van der Waals surface area contributed by atoms with Crippen molar-refractivity contribution in [1.82, 2.24) is 19.6 Å². The second-order valence-corrected chi connectivity index (χ2v) is 8.88. The summed E-state index contributed by atoms with van der Waals surface area (Å²) >= 11 is 1.75. The number of hydrogen-bond acceptors (Lipinski definition) is 5. The van der Waals surface area contributed by atoms with Crippen molar-refractivity contribution >= 4 is 23.2 Å². The Morgan fingerprint density at radius 2 is 1.56 bits per heavy atom. The van der Waals surface area contributed by atoms with Crippen LogP contribution in [-0.2, 0) is 9.59 Å². The Morgan fingerprint density at radius 3 is 2.19 bits per heavy atom. The van der Waals surface area contributed by atoms with Crippen molar-refractivity contribution in [2.75, 3.05) is 58.9 Å². The van der Waals surface area contributed by atoms with Gasteiger partial charge in [0.2, 0.25) is 11.8 Å². The summed E-state index contributed by atoms with van der Waals surface area (Å²) in [5, 5.41) is 2.10. The second-order valence-electron chi connectivity index (χ2n) is 7.90. The van der Waals surface area contributed by atoms with Gasteiger partial charge in [0.25, 0.3) is 0 Å². The van der Waals surface area contributed by atoms with Gasteiger partial charge in [-0.2, -0.15) is 0 Å². The molecule has 2 amide bonds. The molecule has 1 atom stereocenters. The molecule has 1 aromatic heterocycles. The summed E-state index contributed by atoms with van der Waals surface area (Å²) in [6, 6.07) is 4.50. The van der Waals surface area contributed by atoms with Crippen LogP contribution in [0.2, 0.25) is 0 Å². The van der Waals surface area contributed by atoms with Gasteiger partial charge >= 0.3 is 0 Å². The van der Waals surface area contributed by atoms with Crippen LogP contribution in [0.15, 0.2) is 17.5 Å². The lowest BCUT2D eigenvalue weighted by molar-refractivity contribution is -0.135. The van der Waals surface area contributed by atoms with Crippen LogP contribution in [0, 0.1) is 0 Å². The van der Waals surface area contributed by atoms with Crippen molar-refractivity contribution in [3.05, 3.63) is 22.4 Å². The number of carbonyl (C=O) groups excluding carboxylic acids is 2. The van der Waals surface area contributed by atoms with E-state index in [1.54, 1.807) is 11.3 Å². The zero-order chi connectivity index (χ0) is 18.6. The summed E-state index contributed by atoms with van der Waals surface area (Å²) in [4.78, 5) is 35.1. The van der Waals surface area contributed by atoms with E-state index in [1.807, 2.05) is 4.90 Å². The van der Waals surface area contributed by atoms with E-state index in [1.165, 1.54) is 4.88 Å². The minimum Gasteiger partial charge on any atom is -0.342 e. The summed E-state index contributed by atoms with van der Waals surface area (Å²) < 4.78 is 0. The fraction of sp³-hybridized carbons (Fsp3) is 0.700. The van der Waals surface area contributed by atoms with E-state index in [-0.39, 0.29) is 17.9 Å². The first kappa shape index (κ1) is 18.9. The second kappa shape index (κ2) is 8.71. The smallest absolute Gasteiger partial charge is 0.237 e. The Balaban J connectivity index is 1.23. The number of likely N-dealkylation sites (tertiary alicyclic amines) is 2. The minimum absolute atomic E-state index is 0.257. The summed E-state index contributed by atoms with van der Waals surface area (Å²) in [7, 11) is 0. The molecule has 0 radical (unpaired) electrons. The largest absolute Gasteiger partial charge is 0.342 e. The molecule has 0 bridgehead atoms. The lowest BCUT2D eigenvalue weighted by Gasteiger charge is -2.35. The molecule has 0 N–H and O–H groups in total. The molecule has 0 saturated carbocycles. The van der Waals surface area contributed by atoms with Crippen LogP contribution in [0.1, 0.15) is 36.6 Å². The van der Waals surface area contributed by atoms with Crippen LogP contribution in [0.5, 0.6) is 0 Å². The van der Waals surface area contributed by atoms with Gasteiger partial charge in [0.15, 0.2) is 0 Å². The molecule has 0 aromatic carbocycles. The van der Waals surface area contributed by atoms with Crippen LogP contribution < -0.4 is 0 Å². The molecule has 3 fully saturated rings. The first-order chi connectivity index (χ1) is 13.2. The highest BCUT2D eigenvalue weighted by molar-refractivity contribution is 7.10. The Labute approximate surface area is 165 Å². The number of carbonyl (C=O) groups is 2. The molecule has 27 heavy (non-hydrogen) atoms. The van der Waals surface area contributed by atoms with E-state index < -0.39 is 0 Å². The maximum atomic E-state index is 12.9.